The third kappa shape index (κ3) is 5.20. The largest absolute Gasteiger partial charge is 0.481 e. The monoisotopic (exact) mass is 487 g/mol. The molecular formula is C28H29N3O3S. The van der Waals surface area contributed by atoms with Crippen molar-refractivity contribution in [2.45, 2.75) is 45.4 Å². The average molecular weight is 488 g/mol. The second-order valence-electron chi connectivity index (χ2n) is 9.82. The van der Waals surface area contributed by atoms with Crippen LogP contribution in [0, 0.1) is 0 Å². The highest BCUT2D eigenvalue weighted by Crippen LogP contribution is 2.42. The first-order chi connectivity index (χ1) is 16.6. The highest BCUT2D eigenvalue weighted by Gasteiger charge is 2.36. The van der Waals surface area contributed by atoms with Crippen LogP contribution in [0.3, 0.4) is 0 Å². The minimum absolute atomic E-state index is 0.101. The number of benzene rings is 2. The van der Waals surface area contributed by atoms with E-state index in [4.69, 9.17) is 9.72 Å². The molecule has 0 atom stereocenters. The molecule has 6 nitrogen and oxygen atoms in total. The number of thiazole rings is 1. The maximum Gasteiger partial charge on any atom is 0.315 e. The van der Waals surface area contributed by atoms with Crippen LogP contribution < -0.4 is 10.1 Å². The van der Waals surface area contributed by atoms with Crippen molar-refractivity contribution in [2.75, 3.05) is 5.32 Å². The van der Waals surface area contributed by atoms with Gasteiger partial charge in [-0.15, -0.1) is 0 Å². The van der Waals surface area contributed by atoms with Crippen molar-refractivity contribution < 1.29 is 14.6 Å². The van der Waals surface area contributed by atoms with Crippen molar-refractivity contribution in [1.29, 1.82) is 0 Å². The number of ether oxygens (including phenoxy) is 1. The Hall–Kier alpha value is -3.71. The van der Waals surface area contributed by atoms with E-state index in [1.807, 2.05) is 60.7 Å². The summed E-state index contributed by atoms with van der Waals surface area (Å²) in [6.07, 6.45) is 1.68. The van der Waals surface area contributed by atoms with Crippen molar-refractivity contribution in [3.05, 3.63) is 84.2 Å². The number of aliphatic carboxylic acids is 1. The summed E-state index contributed by atoms with van der Waals surface area (Å²) in [7, 11) is 0. The molecule has 0 spiro atoms. The van der Waals surface area contributed by atoms with Crippen LogP contribution >= 0.6 is 11.3 Å². The number of nitrogens with one attached hydrogen (secondary N) is 1. The summed E-state index contributed by atoms with van der Waals surface area (Å²) in [5, 5.41) is 13.8. The molecule has 4 aromatic rings. The molecule has 2 heterocycles. The highest BCUT2D eigenvalue weighted by molar-refractivity contribution is 7.19. The van der Waals surface area contributed by atoms with Crippen molar-refractivity contribution in [1.82, 2.24) is 9.97 Å². The van der Waals surface area contributed by atoms with E-state index in [0.717, 1.165) is 21.8 Å². The number of carbonyl (C=O) groups is 1. The van der Waals surface area contributed by atoms with E-state index < -0.39 is 11.4 Å². The van der Waals surface area contributed by atoms with Gasteiger partial charge in [0.25, 0.3) is 0 Å². The Bertz CT molecular complexity index is 1340. The Labute approximate surface area is 209 Å². The predicted octanol–water partition coefficient (Wildman–Crippen LogP) is 7.40. The van der Waals surface area contributed by atoms with Gasteiger partial charge in [-0.1, -0.05) is 80.6 Å². The number of rotatable bonds is 7. The summed E-state index contributed by atoms with van der Waals surface area (Å²) in [4.78, 5) is 22.0. The van der Waals surface area contributed by atoms with Crippen LogP contribution in [0.2, 0.25) is 0 Å². The number of aromatic nitrogens is 2. The van der Waals surface area contributed by atoms with Crippen LogP contribution in [0.5, 0.6) is 11.6 Å². The molecule has 0 fully saturated rings. The fourth-order valence-electron chi connectivity index (χ4n) is 3.65. The fourth-order valence-corrected chi connectivity index (χ4v) is 4.79. The molecule has 0 aliphatic carbocycles. The summed E-state index contributed by atoms with van der Waals surface area (Å²) in [5.74, 6) is 0.217. The van der Waals surface area contributed by atoms with Gasteiger partial charge >= 0.3 is 5.97 Å². The van der Waals surface area contributed by atoms with Crippen molar-refractivity contribution in [3.63, 3.8) is 0 Å². The molecule has 4 rings (SSSR count). The first kappa shape index (κ1) is 24.4. The number of hydrogen-bond donors (Lipinski definition) is 2. The second kappa shape index (κ2) is 9.50. The molecule has 0 saturated carbocycles. The molecule has 0 radical (unpaired) electrons. The average Bonchev–Trinajstić information content (AvgIpc) is 3.25. The number of para-hydroxylation sites is 1. The van der Waals surface area contributed by atoms with E-state index in [0.29, 0.717) is 22.4 Å². The first-order valence-electron chi connectivity index (χ1n) is 11.4. The van der Waals surface area contributed by atoms with Crippen molar-refractivity contribution in [2.24, 2.45) is 0 Å². The molecule has 0 unspecified atom stereocenters. The summed E-state index contributed by atoms with van der Waals surface area (Å²) in [6, 6.07) is 21.3. The minimum Gasteiger partial charge on any atom is -0.481 e. The van der Waals surface area contributed by atoms with Crippen LogP contribution in [0.1, 0.15) is 45.9 Å². The maximum absolute atomic E-state index is 12.1. The van der Waals surface area contributed by atoms with Gasteiger partial charge in [-0.3, -0.25) is 4.79 Å². The molecule has 2 N–H and O–H groups in total. The Morgan fingerprint density at radius 2 is 1.63 bits per heavy atom. The zero-order valence-electron chi connectivity index (χ0n) is 20.5. The third-order valence-electron chi connectivity index (χ3n) is 5.70. The lowest BCUT2D eigenvalue weighted by Gasteiger charge is -2.22. The van der Waals surface area contributed by atoms with Gasteiger partial charge in [0, 0.05) is 11.8 Å². The number of nitrogens with zero attached hydrogens (tertiary/aromatic N) is 2. The van der Waals surface area contributed by atoms with Gasteiger partial charge in [0.15, 0.2) is 5.13 Å². The van der Waals surface area contributed by atoms with E-state index in [-0.39, 0.29) is 5.41 Å². The van der Waals surface area contributed by atoms with Gasteiger partial charge in [0.2, 0.25) is 5.88 Å². The van der Waals surface area contributed by atoms with Gasteiger partial charge in [-0.05, 0) is 43.0 Å². The number of carboxylic acid groups (broad SMARTS) is 1. The Morgan fingerprint density at radius 1 is 0.943 bits per heavy atom. The lowest BCUT2D eigenvalue weighted by atomic mass is 9.86. The van der Waals surface area contributed by atoms with Gasteiger partial charge in [-0.2, -0.15) is 0 Å². The second-order valence-corrected chi connectivity index (χ2v) is 10.8. The molecule has 0 bridgehead atoms. The summed E-state index contributed by atoms with van der Waals surface area (Å²) >= 11 is 1.41. The van der Waals surface area contributed by atoms with Crippen LogP contribution in [-0.4, -0.2) is 21.0 Å². The van der Waals surface area contributed by atoms with E-state index in [1.165, 1.54) is 11.3 Å². The Kier molecular flexibility index (Phi) is 6.63. The molecule has 180 valence electrons. The molecule has 0 amide bonds. The lowest BCUT2D eigenvalue weighted by molar-refractivity contribution is -0.142. The topological polar surface area (TPSA) is 84.3 Å². The summed E-state index contributed by atoms with van der Waals surface area (Å²) < 4.78 is 6.28. The minimum atomic E-state index is -1.17. The standard InChI is InChI=1S/C28H29N3O3S/c1-27(2,3)19-14-9-10-16-21(19)34-24-20(15-11-17-29-24)30-26-31-23(28(4,5)25(32)33)22(35-26)18-12-7-6-8-13-18/h6-17H,1-5H3,(H,30,31)(H,32,33). The van der Waals surface area contributed by atoms with E-state index in [9.17, 15) is 9.90 Å². The molecular weight excluding hydrogens is 458 g/mol. The van der Waals surface area contributed by atoms with E-state index >= 15 is 0 Å². The quantitative estimate of drug-likeness (QED) is 0.282. The summed E-state index contributed by atoms with van der Waals surface area (Å²) in [5.41, 5.74) is 1.88. The zero-order valence-corrected chi connectivity index (χ0v) is 21.3. The molecule has 2 aromatic carbocycles. The highest BCUT2D eigenvalue weighted by atomic mass is 32.1. The van der Waals surface area contributed by atoms with Crippen LogP contribution in [0.25, 0.3) is 10.4 Å². The Morgan fingerprint density at radius 3 is 2.31 bits per heavy atom. The van der Waals surface area contributed by atoms with Gasteiger partial charge in [-0.25, -0.2) is 9.97 Å². The van der Waals surface area contributed by atoms with Gasteiger partial charge < -0.3 is 15.2 Å². The molecule has 35 heavy (non-hydrogen) atoms. The lowest BCUT2D eigenvalue weighted by Crippen LogP contribution is -2.29. The van der Waals surface area contributed by atoms with Crippen LogP contribution in [0.4, 0.5) is 10.8 Å². The number of carboxylic acids is 1. The number of anilines is 2. The van der Waals surface area contributed by atoms with Gasteiger partial charge in [0.1, 0.15) is 16.9 Å². The fraction of sp³-hybridized carbons (Fsp3) is 0.250. The molecule has 0 aliphatic heterocycles. The third-order valence-corrected chi connectivity index (χ3v) is 6.72. The zero-order chi connectivity index (χ0) is 25.2. The normalized spacial score (nSPS) is 11.8. The first-order valence-corrected chi connectivity index (χ1v) is 12.2. The maximum atomic E-state index is 12.1. The van der Waals surface area contributed by atoms with E-state index in [2.05, 4.69) is 37.1 Å². The van der Waals surface area contributed by atoms with Crippen molar-refractivity contribution in [3.8, 4) is 22.1 Å². The molecule has 2 aromatic heterocycles. The van der Waals surface area contributed by atoms with Crippen molar-refractivity contribution >= 4 is 28.1 Å². The number of pyridine rings is 1. The SMILES string of the molecule is CC(C)(C)c1ccccc1Oc1ncccc1Nc1nc(C(C)(C)C(=O)O)c(-c2ccccc2)s1. The van der Waals surface area contributed by atoms with Crippen LogP contribution in [0.15, 0.2) is 72.9 Å². The predicted molar refractivity (Wildman–Crippen MR) is 141 cm³/mol. The Balaban J connectivity index is 1.73. The van der Waals surface area contributed by atoms with Gasteiger partial charge in [0.05, 0.1) is 10.6 Å². The summed E-state index contributed by atoms with van der Waals surface area (Å²) in [6.45, 7) is 9.75. The smallest absolute Gasteiger partial charge is 0.315 e. The molecule has 0 saturated heterocycles. The van der Waals surface area contributed by atoms with Crippen LogP contribution in [-0.2, 0) is 15.6 Å². The van der Waals surface area contributed by atoms with E-state index in [1.54, 1.807) is 20.0 Å². The molecule has 7 heteroatoms. The number of hydrogen-bond acceptors (Lipinski definition) is 6. The molecule has 0 aliphatic rings.